The van der Waals surface area contributed by atoms with Crippen LogP contribution in [0, 0.1) is 0 Å². The molecule has 0 amide bonds. The standard InChI is InChI=1S/C7H7NO3/c1-10-8-6(5-9)7-3-2-4-11-7/h2-5H,1H3. The zero-order chi connectivity index (χ0) is 8.10. The van der Waals surface area contributed by atoms with Crippen molar-refractivity contribution >= 4 is 12.0 Å². The average molecular weight is 153 g/mol. The van der Waals surface area contributed by atoms with E-state index in [1.165, 1.54) is 13.4 Å². The summed E-state index contributed by atoms with van der Waals surface area (Å²) in [4.78, 5) is 14.7. The second-order valence-corrected chi connectivity index (χ2v) is 1.75. The molecule has 1 aromatic rings. The van der Waals surface area contributed by atoms with Gasteiger partial charge in [-0.2, -0.15) is 0 Å². The maximum Gasteiger partial charge on any atom is 0.184 e. The van der Waals surface area contributed by atoms with E-state index >= 15 is 0 Å². The number of aldehydes is 1. The molecular weight excluding hydrogens is 146 g/mol. The number of rotatable bonds is 3. The molecule has 0 spiro atoms. The van der Waals surface area contributed by atoms with Crippen LogP contribution in [-0.2, 0) is 9.63 Å². The molecule has 0 aliphatic heterocycles. The van der Waals surface area contributed by atoms with Crippen molar-refractivity contribution in [2.45, 2.75) is 0 Å². The number of furan rings is 1. The van der Waals surface area contributed by atoms with Crippen LogP contribution in [0.25, 0.3) is 0 Å². The second kappa shape index (κ2) is 3.55. The van der Waals surface area contributed by atoms with Gasteiger partial charge in [0.1, 0.15) is 7.11 Å². The Morgan fingerprint density at radius 1 is 1.82 bits per heavy atom. The van der Waals surface area contributed by atoms with Gasteiger partial charge in [-0.05, 0) is 12.1 Å². The zero-order valence-corrected chi connectivity index (χ0v) is 5.98. The highest BCUT2D eigenvalue weighted by atomic mass is 16.6. The molecule has 1 aromatic heterocycles. The van der Waals surface area contributed by atoms with Crippen LogP contribution in [-0.4, -0.2) is 19.1 Å². The van der Waals surface area contributed by atoms with E-state index in [9.17, 15) is 4.79 Å². The maximum absolute atomic E-state index is 10.3. The van der Waals surface area contributed by atoms with Gasteiger partial charge in [-0.25, -0.2) is 0 Å². The summed E-state index contributed by atoms with van der Waals surface area (Å²) in [7, 11) is 1.37. The molecule has 0 aliphatic carbocycles. The van der Waals surface area contributed by atoms with Crippen LogP contribution < -0.4 is 0 Å². The Bertz CT molecular complexity index is 251. The minimum Gasteiger partial charge on any atom is -0.462 e. The molecule has 0 saturated heterocycles. The topological polar surface area (TPSA) is 51.8 Å². The van der Waals surface area contributed by atoms with E-state index in [0.29, 0.717) is 12.0 Å². The molecule has 0 N–H and O–H groups in total. The van der Waals surface area contributed by atoms with Crippen molar-refractivity contribution in [3.05, 3.63) is 24.2 Å². The molecule has 0 saturated carbocycles. The van der Waals surface area contributed by atoms with Gasteiger partial charge in [0.2, 0.25) is 0 Å². The van der Waals surface area contributed by atoms with Crippen LogP contribution in [0.4, 0.5) is 0 Å². The lowest BCUT2D eigenvalue weighted by Crippen LogP contribution is -2.00. The highest BCUT2D eigenvalue weighted by molar-refractivity contribution is 6.35. The highest BCUT2D eigenvalue weighted by Gasteiger charge is 2.04. The Kier molecular flexibility index (Phi) is 2.43. The third kappa shape index (κ3) is 1.67. The van der Waals surface area contributed by atoms with E-state index in [1.807, 2.05) is 0 Å². The van der Waals surface area contributed by atoms with Crippen LogP contribution >= 0.6 is 0 Å². The lowest BCUT2D eigenvalue weighted by atomic mass is 10.3. The highest BCUT2D eigenvalue weighted by Crippen LogP contribution is 2.00. The summed E-state index contributed by atoms with van der Waals surface area (Å²) in [6, 6.07) is 3.30. The van der Waals surface area contributed by atoms with E-state index in [2.05, 4.69) is 9.99 Å². The Morgan fingerprint density at radius 2 is 2.64 bits per heavy atom. The SMILES string of the molecule is CON=C(C=O)c1ccco1. The number of oxime groups is 1. The summed E-state index contributed by atoms with van der Waals surface area (Å²) in [5.41, 5.74) is 0.150. The summed E-state index contributed by atoms with van der Waals surface area (Å²) in [6.45, 7) is 0. The summed E-state index contributed by atoms with van der Waals surface area (Å²) in [5.74, 6) is 0.404. The first kappa shape index (κ1) is 7.53. The molecule has 0 atom stereocenters. The largest absolute Gasteiger partial charge is 0.462 e. The maximum atomic E-state index is 10.3. The summed E-state index contributed by atoms with van der Waals surface area (Å²) in [5, 5.41) is 3.44. The van der Waals surface area contributed by atoms with Gasteiger partial charge in [0, 0.05) is 0 Å². The number of carbonyl (C=O) groups excluding carboxylic acids is 1. The lowest BCUT2D eigenvalue weighted by Gasteiger charge is -1.90. The van der Waals surface area contributed by atoms with Gasteiger partial charge >= 0.3 is 0 Å². The van der Waals surface area contributed by atoms with Gasteiger partial charge in [0.25, 0.3) is 0 Å². The third-order valence-electron chi connectivity index (χ3n) is 1.07. The normalized spacial score (nSPS) is 11.2. The summed E-state index contributed by atoms with van der Waals surface area (Å²) in [6.07, 6.45) is 2.03. The predicted molar refractivity (Wildman–Crippen MR) is 38.3 cm³/mol. The van der Waals surface area contributed by atoms with E-state index < -0.39 is 0 Å². The first-order chi connectivity index (χ1) is 5.38. The number of carbonyl (C=O) groups is 1. The number of hydrogen-bond acceptors (Lipinski definition) is 4. The van der Waals surface area contributed by atoms with Crippen molar-refractivity contribution < 1.29 is 14.0 Å². The molecule has 11 heavy (non-hydrogen) atoms. The molecule has 1 rings (SSSR count). The van der Waals surface area contributed by atoms with Crippen molar-refractivity contribution in [1.82, 2.24) is 0 Å². The quantitative estimate of drug-likeness (QED) is 0.367. The minimum absolute atomic E-state index is 0.150. The fourth-order valence-electron chi connectivity index (χ4n) is 0.647. The molecule has 1 heterocycles. The van der Waals surface area contributed by atoms with E-state index in [1.54, 1.807) is 12.1 Å². The third-order valence-corrected chi connectivity index (χ3v) is 1.07. The molecule has 0 radical (unpaired) electrons. The molecule has 0 bridgehead atoms. The van der Waals surface area contributed by atoms with Crippen molar-refractivity contribution in [2.24, 2.45) is 5.16 Å². The van der Waals surface area contributed by atoms with Crippen LogP contribution in [0.5, 0.6) is 0 Å². The molecule has 0 unspecified atom stereocenters. The zero-order valence-electron chi connectivity index (χ0n) is 5.98. The van der Waals surface area contributed by atoms with Crippen LogP contribution in [0.1, 0.15) is 5.76 Å². The molecular formula is C7H7NO3. The smallest absolute Gasteiger partial charge is 0.184 e. The Hall–Kier alpha value is -1.58. The molecule has 0 aromatic carbocycles. The fourth-order valence-corrected chi connectivity index (χ4v) is 0.647. The van der Waals surface area contributed by atoms with E-state index in [0.717, 1.165) is 0 Å². The van der Waals surface area contributed by atoms with Crippen molar-refractivity contribution in [2.75, 3.05) is 7.11 Å². The lowest BCUT2D eigenvalue weighted by molar-refractivity contribution is -0.102. The van der Waals surface area contributed by atoms with Gasteiger partial charge in [0.05, 0.1) is 6.26 Å². The second-order valence-electron chi connectivity index (χ2n) is 1.75. The molecule has 0 aliphatic rings. The first-order valence-corrected chi connectivity index (χ1v) is 2.98. The van der Waals surface area contributed by atoms with Crippen LogP contribution in [0.2, 0.25) is 0 Å². The Labute approximate surface area is 63.4 Å². The Balaban J connectivity index is 2.88. The van der Waals surface area contributed by atoms with Gasteiger partial charge in [-0.1, -0.05) is 5.16 Å². The minimum atomic E-state index is 0.150. The molecule has 0 fully saturated rings. The molecule has 4 heteroatoms. The van der Waals surface area contributed by atoms with Gasteiger partial charge in [0.15, 0.2) is 17.8 Å². The summed E-state index contributed by atoms with van der Waals surface area (Å²) >= 11 is 0. The monoisotopic (exact) mass is 153 g/mol. The van der Waals surface area contributed by atoms with Gasteiger partial charge < -0.3 is 9.25 Å². The number of nitrogens with zero attached hydrogens (tertiary/aromatic N) is 1. The fraction of sp³-hybridized carbons (Fsp3) is 0.143. The van der Waals surface area contributed by atoms with E-state index in [-0.39, 0.29) is 5.71 Å². The van der Waals surface area contributed by atoms with Gasteiger partial charge in [-0.3, -0.25) is 4.79 Å². The summed E-state index contributed by atoms with van der Waals surface area (Å²) < 4.78 is 4.90. The van der Waals surface area contributed by atoms with Crippen LogP contribution in [0.3, 0.4) is 0 Å². The molecule has 4 nitrogen and oxygen atoms in total. The Morgan fingerprint density at radius 3 is 3.09 bits per heavy atom. The number of hydrogen-bond donors (Lipinski definition) is 0. The average Bonchev–Trinajstić information content (AvgIpc) is 2.52. The van der Waals surface area contributed by atoms with Crippen molar-refractivity contribution in [1.29, 1.82) is 0 Å². The van der Waals surface area contributed by atoms with Crippen molar-refractivity contribution in [3.8, 4) is 0 Å². The first-order valence-electron chi connectivity index (χ1n) is 2.98. The van der Waals surface area contributed by atoms with Gasteiger partial charge in [-0.15, -0.1) is 0 Å². The van der Waals surface area contributed by atoms with Crippen molar-refractivity contribution in [3.63, 3.8) is 0 Å². The van der Waals surface area contributed by atoms with Crippen LogP contribution in [0.15, 0.2) is 28.0 Å². The predicted octanol–water partition coefficient (Wildman–Crippen LogP) is 0.829. The van der Waals surface area contributed by atoms with E-state index in [4.69, 9.17) is 4.42 Å². The molecule has 58 valence electrons.